The molecule has 2 heterocycles. The Hall–Kier alpha value is -4.44. The Balaban J connectivity index is 2.10. The fraction of sp³-hybridized carbons (Fsp3) is 0.286. The molecule has 0 aromatic heterocycles. The minimum atomic E-state index is -2.74. The van der Waals surface area contributed by atoms with Crippen LogP contribution < -0.4 is 0 Å². The third-order valence-electron chi connectivity index (χ3n) is 6.74. The molecule has 2 aliphatic rings. The maximum atomic E-state index is 14.1. The number of allylic oxidation sites excluding steroid dienone is 1. The molecule has 0 radical (unpaired) electrons. The summed E-state index contributed by atoms with van der Waals surface area (Å²) in [6.45, 7) is 1.85. The highest BCUT2D eigenvalue weighted by atomic mass is 16.5. The highest BCUT2D eigenvalue weighted by Crippen LogP contribution is 2.48. The summed E-state index contributed by atoms with van der Waals surface area (Å²) >= 11 is 0. The first-order valence-electron chi connectivity index (χ1n) is 11.8. The predicted octanol–water partition coefficient (Wildman–Crippen LogP) is 2.21. The molecule has 0 aliphatic carbocycles. The summed E-state index contributed by atoms with van der Waals surface area (Å²) < 4.78 is 14.9. The Bertz CT molecular complexity index is 1340. The first-order chi connectivity index (χ1) is 18.2. The smallest absolute Gasteiger partial charge is 0.348 e. The number of rotatable bonds is 6. The first-order valence-corrected chi connectivity index (χ1v) is 11.8. The number of esters is 3. The van der Waals surface area contributed by atoms with Crippen LogP contribution in [0.3, 0.4) is 0 Å². The van der Waals surface area contributed by atoms with Crippen molar-refractivity contribution in [3.8, 4) is 0 Å². The minimum absolute atomic E-state index is 0.0956. The van der Waals surface area contributed by atoms with Gasteiger partial charge in [-0.3, -0.25) is 9.69 Å². The first kappa shape index (κ1) is 26.6. The zero-order valence-corrected chi connectivity index (χ0v) is 21.5. The lowest BCUT2D eigenvalue weighted by atomic mass is 9.83. The number of aliphatic hydroxyl groups is 1. The molecule has 2 aromatic rings. The number of nitrogens with zero attached hydrogens (tertiary/aromatic N) is 2. The van der Waals surface area contributed by atoms with Crippen LogP contribution in [0.5, 0.6) is 0 Å². The van der Waals surface area contributed by atoms with Crippen LogP contribution in [-0.2, 0) is 39.9 Å². The van der Waals surface area contributed by atoms with E-state index in [0.717, 1.165) is 24.7 Å². The van der Waals surface area contributed by atoms with Crippen LogP contribution in [0, 0.1) is 0 Å². The van der Waals surface area contributed by atoms with Crippen molar-refractivity contribution >= 4 is 23.8 Å². The van der Waals surface area contributed by atoms with Crippen molar-refractivity contribution in [2.45, 2.75) is 31.5 Å². The van der Waals surface area contributed by atoms with Gasteiger partial charge in [-0.1, -0.05) is 60.7 Å². The Morgan fingerprint density at radius 2 is 1.50 bits per heavy atom. The molecule has 10 heteroatoms. The molecule has 38 heavy (non-hydrogen) atoms. The van der Waals surface area contributed by atoms with Gasteiger partial charge in [-0.25, -0.2) is 14.4 Å². The SMILES string of the molecule is COC(=O)C1=C2N(Cc3ccccc3)C(C)=C(C(=O)OC)[C@@H](c3ccccc3)N2C(=O)[C@](O)(C(=O)OC)C1. The van der Waals surface area contributed by atoms with Crippen molar-refractivity contribution in [2.75, 3.05) is 21.3 Å². The normalized spacial score (nSPS) is 21.2. The standard InChI is InChI=1S/C28H28N2O8/c1-17-21(25(32)37-3)22(19-13-9-6-10-14-19)30-23(29(17)16-18-11-7-5-8-12-18)20(24(31)36-2)15-28(35,26(30)33)27(34)38-4/h5-14,22,35H,15-16H2,1-4H3/t22-,28+/m1/s1. The Kier molecular flexibility index (Phi) is 7.36. The molecule has 2 atom stereocenters. The van der Waals surface area contributed by atoms with Crippen LogP contribution in [0.25, 0.3) is 0 Å². The zero-order chi connectivity index (χ0) is 27.6. The lowest BCUT2D eigenvalue weighted by molar-refractivity contribution is -0.177. The van der Waals surface area contributed by atoms with Gasteiger partial charge in [0.1, 0.15) is 5.82 Å². The van der Waals surface area contributed by atoms with E-state index in [1.165, 1.54) is 7.11 Å². The van der Waals surface area contributed by atoms with Crippen LogP contribution in [0.15, 0.2) is 83.3 Å². The van der Waals surface area contributed by atoms with E-state index in [1.54, 1.807) is 42.2 Å². The number of benzene rings is 2. The molecule has 0 saturated carbocycles. The third-order valence-corrected chi connectivity index (χ3v) is 6.74. The van der Waals surface area contributed by atoms with Gasteiger partial charge in [0.15, 0.2) is 0 Å². The van der Waals surface area contributed by atoms with Crippen molar-refractivity contribution in [1.29, 1.82) is 0 Å². The van der Waals surface area contributed by atoms with Crippen LogP contribution in [0.2, 0.25) is 0 Å². The van der Waals surface area contributed by atoms with E-state index in [2.05, 4.69) is 0 Å². The molecular formula is C28H28N2O8. The van der Waals surface area contributed by atoms with Crippen molar-refractivity contribution in [3.05, 3.63) is 94.5 Å². The lowest BCUT2D eigenvalue weighted by Gasteiger charge is -2.50. The largest absolute Gasteiger partial charge is 0.466 e. The second kappa shape index (κ2) is 10.5. The molecule has 1 N–H and O–H groups in total. The number of ether oxygens (including phenoxy) is 3. The fourth-order valence-electron chi connectivity index (χ4n) is 4.91. The highest BCUT2D eigenvalue weighted by molar-refractivity contribution is 6.11. The maximum absolute atomic E-state index is 14.1. The van der Waals surface area contributed by atoms with E-state index in [-0.39, 0.29) is 23.5 Å². The minimum Gasteiger partial charge on any atom is -0.466 e. The highest BCUT2D eigenvalue weighted by Gasteiger charge is 2.59. The number of hydrogen-bond acceptors (Lipinski definition) is 9. The van der Waals surface area contributed by atoms with E-state index < -0.39 is 41.9 Å². The molecule has 0 fully saturated rings. The summed E-state index contributed by atoms with van der Waals surface area (Å²) in [5.41, 5.74) is -1.02. The average molecular weight is 521 g/mol. The van der Waals surface area contributed by atoms with Crippen LogP contribution in [0.1, 0.15) is 30.5 Å². The topological polar surface area (TPSA) is 123 Å². The molecule has 0 spiro atoms. The number of methoxy groups -OCH3 is 3. The average Bonchev–Trinajstić information content (AvgIpc) is 2.95. The van der Waals surface area contributed by atoms with Gasteiger partial charge in [-0.15, -0.1) is 0 Å². The number of carbonyl (C=O) groups is 4. The summed E-state index contributed by atoms with van der Waals surface area (Å²) in [5, 5.41) is 11.4. The maximum Gasteiger partial charge on any atom is 0.348 e. The second-order valence-corrected chi connectivity index (χ2v) is 8.87. The summed E-state index contributed by atoms with van der Waals surface area (Å²) in [7, 11) is 3.41. The van der Waals surface area contributed by atoms with E-state index in [1.807, 2.05) is 30.3 Å². The van der Waals surface area contributed by atoms with E-state index in [4.69, 9.17) is 14.2 Å². The molecule has 2 aromatic carbocycles. The number of fused-ring (bicyclic) bond motifs is 1. The van der Waals surface area contributed by atoms with Crippen LogP contribution in [0.4, 0.5) is 0 Å². The van der Waals surface area contributed by atoms with E-state index >= 15 is 0 Å². The number of carbonyl (C=O) groups excluding carboxylic acids is 4. The molecule has 10 nitrogen and oxygen atoms in total. The monoisotopic (exact) mass is 520 g/mol. The van der Waals surface area contributed by atoms with Gasteiger partial charge in [0.25, 0.3) is 5.91 Å². The summed E-state index contributed by atoms with van der Waals surface area (Å²) in [5.74, 6) is -3.76. The van der Waals surface area contributed by atoms with Crippen molar-refractivity contribution in [2.24, 2.45) is 0 Å². The Morgan fingerprint density at radius 1 is 0.921 bits per heavy atom. The molecule has 2 aliphatic heterocycles. The van der Waals surface area contributed by atoms with Crippen molar-refractivity contribution in [3.63, 3.8) is 0 Å². The molecule has 0 bridgehead atoms. The quantitative estimate of drug-likeness (QED) is 0.347. The van der Waals surface area contributed by atoms with Gasteiger partial charge in [0, 0.05) is 18.7 Å². The zero-order valence-electron chi connectivity index (χ0n) is 21.5. The van der Waals surface area contributed by atoms with Crippen LogP contribution >= 0.6 is 0 Å². The second-order valence-electron chi connectivity index (χ2n) is 8.87. The Labute approximate surface area is 219 Å². The molecule has 198 valence electrons. The summed E-state index contributed by atoms with van der Waals surface area (Å²) in [6.07, 6.45) is -0.676. The van der Waals surface area contributed by atoms with Gasteiger partial charge < -0.3 is 24.2 Å². The number of amides is 1. The van der Waals surface area contributed by atoms with Gasteiger partial charge in [0.2, 0.25) is 5.60 Å². The molecular weight excluding hydrogens is 492 g/mol. The molecule has 0 saturated heterocycles. The fourth-order valence-corrected chi connectivity index (χ4v) is 4.91. The lowest BCUT2D eigenvalue weighted by Crippen LogP contribution is -2.62. The van der Waals surface area contributed by atoms with Crippen molar-refractivity contribution in [1.82, 2.24) is 9.80 Å². The van der Waals surface area contributed by atoms with E-state index in [9.17, 15) is 24.3 Å². The van der Waals surface area contributed by atoms with E-state index in [0.29, 0.717) is 11.3 Å². The number of hydrogen-bond donors (Lipinski definition) is 1. The summed E-state index contributed by atoms with van der Waals surface area (Å²) in [4.78, 5) is 56.0. The Morgan fingerprint density at radius 3 is 2.05 bits per heavy atom. The molecule has 1 amide bonds. The predicted molar refractivity (Wildman–Crippen MR) is 133 cm³/mol. The molecule has 0 unspecified atom stereocenters. The van der Waals surface area contributed by atoms with Crippen LogP contribution in [-0.4, -0.2) is 65.7 Å². The summed E-state index contributed by atoms with van der Waals surface area (Å²) in [6, 6.07) is 16.7. The van der Waals surface area contributed by atoms with Gasteiger partial charge in [-0.05, 0) is 18.1 Å². The third kappa shape index (κ3) is 4.32. The molecule has 4 rings (SSSR count). The van der Waals surface area contributed by atoms with Crippen molar-refractivity contribution < 1.29 is 38.5 Å². The van der Waals surface area contributed by atoms with Gasteiger partial charge in [-0.2, -0.15) is 0 Å². The van der Waals surface area contributed by atoms with Gasteiger partial charge >= 0.3 is 17.9 Å². The van der Waals surface area contributed by atoms with Gasteiger partial charge in [0.05, 0.1) is 38.5 Å².